The molecule has 0 radical (unpaired) electrons. The van der Waals surface area contributed by atoms with Crippen LogP contribution >= 0.6 is 0 Å². The van der Waals surface area contributed by atoms with E-state index in [1.54, 1.807) is 4.57 Å². The largest absolute Gasteiger partial charge is 0.326 e. The molecule has 2 N–H and O–H groups in total. The molecule has 0 unspecified atom stereocenters. The Morgan fingerprint density at radius 3 is 2.54 bits per heavy atom. The minimum Gasteiger partial charge on any atom is -0.326 e. The zero-order chi connectivity index (χ0) is 9.84. The summed E-state index contributed by atoms with van der Waals surface area (Å²) < 4.78 is 1.78. The highest BCUT2D eigenvalue weighted by molar-refractivity contribution is 5.16. The molecule has 3 heteroatoms. The molecule has 0 aliphatic carbocycles. The maximum absolute atomic E-state index is 11.7. The van der Waals surface area contributed by atoms with Crippen molar-refractivity contribution in [2.24, 2.45) is 5.73 Å². The number of hydrogen-bond acceptors (Lipinski definition) is 2. The molecule has 0 bridgehead atoms. The van der Waals surface area contributed by atoms with E-state index in [-0.39, 0.29) is 5.56 Å². The monoisotopic (exact) mass is 180 g/mol. The fraction of sp³-hybridized carbons (Fsp3) is 0.500. The third kappa shape index (κ3) is 1.80. The van der Waals surface area contributed by atoms with Crippen LogP contribution < -0.4 is 11.3 Å². The Bertz CT molecular complexity index is 341. The molecule has 3 nitrogen and oxygen atoms in total. The summed E-state index contributed by atoms with van der Waals surface area (Å²) in [6, 6.07) is 3.81. The van der Waals surface area contributed by atoms with Gasteiger partial charge in [0, 0.05) is 24.3 Å². The average molecular weight is 180 g/mol. The maximum Gasteiger partial charge on any atom is 0.255 e. The van der Waals surface area contributed by atoms with E-state index in [1.165, 1.54) is 0 Å². The lowest BCUT2D eigenvalue weighted by Gasteiger charge is -2.10. The predicted octanol–water partition coefficient (Wildman–Crippen LogP) is 0.889. The van der Waals surface area contributed by atoms with E-state index in [0.717, 1.165) is 18.7 Å². The van der Waals surface area contributed by atoms with Crippen LogP contribution in [0.4, 0.5) is 0 Å². The van der Waals surface area contributed by atoms with Gasteiger partial charge in [0.1, 0.15) is 0 Å². The van der Waals surface area contributed by atoms with Crippen LogP contribution in [0, 0.1) is 0 Å². The summed E-state index contributed by atoms with van der Waals surface area (Å²) in [7, 11) is 0. The summed E-state index contributed by atoms with van der Waals surface area (Å²) in [6.45, 7) is 5.06. The van der Waals surface area contributed by atoms with Gasteiger partial charge in [0.2, 0.25) is 0 Å². The van der Waals surface area contributed by atoms with Gasteiger partial charge >= 0.3 is 0 Å². The lowest BCUT2D eigenvalue weighted by Crippen LogP contribution is -2.26. The van der Waals surface area contributed by atoms with Crippen molar-refractivity contribution >= 4 is 0 Å². The van der Waals surface area contributed by atoms with Crippen molar-refractivity contribution < 1.29 is 0 Å². The molecule has 72 valence electrons. The number of pyridine rings is 1. The lowest BCUT2D eigenvalue weighted by molar-refractivity contribution is 0.671. The van der Waals surface area contributed by atoms with Gasteiger partial charge in [-0.15, -0.1) is 0 Å². The first kappa shape index (κ1) is 9.99. The van der Waals surface area contributed by atoms with Crippen molar-refractivity contribution in [3.63, 3.8) is 0 Å². The normalized spacial score (nSPS) is 10.4. The summed E-state index contributed by atoms with van der Waals surface area (Å²) in [5.41, 5.74) is 7.28. The zero-order valence-corrected chi connectivity index (χ0v) is 8.21. The fourth-order valence-electron chi connectivity index (χ4n) is 1.47. The SMILES string of the molecule is CCc1ccc(CN)c(=O)n1CC. The van der Waals surface area contributed by atoms with Crippen molar-refractivity contribution in [1.29, 1.82) is 0 Å². The molecular formula is C10H16N2O. The number of hydrogen-bond donors (Lipinski definition) is 1. The van der Waals surface area contributed by atoms with Gasteiger partial charge in [-0.25, -0.2) is 0 Å². The van der Waals surface area contributed by atoms with Crippen LogP contribution in [0.2, 0.25) is 0 Å². The number of aromatic nitrogens is 1. The average Bonchev–Trinajstić information content (AvgIpc) is 2.17. The highest BCUT2D eigenvalue weighted by atomic mass is 16.1. The van der Waals surface area contributed by atoms with Gasteiger partial charge in [-0.05, 0) is 19.4 Å². The minimum absolute atomic E-state index is 0.0596. The minimum atomic E-state index is 0.0596. The Hall–Kier alpha value is -1.09. The van der Waals surface area contributed by atoms with Crippen molar-refractivity contribution in [2.45, 2.75) is 33.4 Å². The van der Waals surface area contributed by atoms with E-state index < -0.39 is 0 Å². The molecule has 1 heterocycles. The molecule has 0 saturated carbocycles. The second-order valence-corrected chi connectivity index (χ2v) is 2.96. The smallest absolute Gasteiger partial charge is 0.255 e. The van der Waals surface area contributed by atoms with Gasteiger partial charge in [-0.2, -0.15) is 0 Å². The van der Waals surface area contributed by atoms with Crippen LogP contribution in [-0.2, 0) is 19.5 Å². The summed E-state index contributed by atoms with van der Waals surface area (Å²) in [5, 5.41) is 0. The number of nitrogens with two attached hydrogens (primary N) is 1. The Morgan fingerprint density at radius 2 is 2.08 bits per heavy atom. The van der Waals surface area contributed by atoms with Crippen LogP contribution in [0.5, 0.6) is 0 Å². The van der Waals surface area contributed by atoms with Crippen LogP contribution in [0.3, 0.4) is 0 Å². The first-order valence-corrected chi connectivity index (χ1v) is 4.66. The first-order valence-electron chi connectivity index (χ1n) is 4.66. The van der Waals surface area contributed by atoms with Gasteiger partial charge in [0.15, 0.2) is 0 Å². The second kappa shape index (κ2) is 4.23. The third-order valence-electron chi connectivity index (χ3n) is 2.24. The molecule has 0 fully saturated rings. The number of rotatable bonds is 3. The van der Waals surface area contributed by atoms with Gasteiger partial charge < -0.3 is 10.3 Å². The Labute approximate surface area is 78.2 Å². The van der Waals surface area contributed by atoms with Crippen molar-refractivity contribution in [3.05, 3.63) is 33.7 Å². The van der Waals surface area contributed by atoms with Gasteiger partial charge in [0.25, 0.3) is 5.56 Å². The van der Waals surface area contributed by atoms with Gasteiger partial charge in [-0.3, -0.25) is 4.79 Å². The molecule has 1 rings (SSSR count). The molecule has 13 heavy (non-hydrogen) atoms. The second-order valence-electron chi connectivity index (χ2n) is 2.96. The molecule has 1 aromatic heterocycles. The molecule has 0 aromatic carbocycles. The van der Waals surface area contributed by atoms with E-state index in [4.69, 9.17) is 5.73 Å². The van der Waals surface area contributed by atoms with E-state index in [2.05, 4.69) is 0 Å². The van der Waals surface area contributed by atoms with E-state index in [0.29, 0.717) is 12.1 Å². The highest BCUT2D eigenvalue weighted by Crippen LogP contribution is 2.00. The maximum atomic E-state index is 11.7. The quantitative estimate of drug-likeness (QED) is 0.751. The third-order valence-corrected chi connectivity index (χ3v) is 2.24. The summed E-state index contributed by atoms with van der Waals surface area (Å²) in [4.78, 5) is 11.7. The topological polar surface area (TPSA) is 48.0 Å². The molecular weight excluding hydrogens is 164 g/mol. The molecule has 0 aliphatic heterocycles. The summed E-state index contributed by atoms with van der Waals surface area (Å²) in [5.74, 6) is 0. The molecule has 0 saturated heterocycles. The van der Waals surface area contributed by atoms with Crippen molar-refractivity contribution in [2.75, 3.05) is 0 Å². The van der Waals surface area contributed by atoms with Crippen molar-refractivity contribution in [3.8, 4) is 0 Å². The first-order chi connectivity index (χ1) is 6.24. The highest BCUT2D eigenvalue weighted by Gasteiger charge is 2.03. The number of aryl methyl sites for hydroxylation is 1. The molecule has 0 amide bonds. The Balaban J connectivity index is 3.32. The fourth-order valence-corrected chi connectivity index (χ4v) is 1.47. The van der Waals surface area contributed by atoms with Gasteiger partial charge in [0.05, 0.1) is 0 Å². The van der Waals surface area contributed by atoms with Crippen LogP contribution in [0.15, 0.2) is 16.9 Å². The lowest BCUT2D eigenvalue weighted by atomic mass is 10.2. The zero-order valence-electron chi connectivity index (χ0n) is 8.21. The van der Waals surface area contributed by atoms with E-state index in [9.17, 15) is 4.79 Å². The van der Waals surface area contributed by atoms with Gasteiger partial charge in [-0.1, -0.05) is 13.0 Å². The Morgan fingerprint density at radius 1 is 1.38 bits per heavy atom. The van der Waals surface area contributed by atoms with Crippen molar-refractivity contribution in [1.82, 2.24) is 4.57 Å². The number of nitrogens with zero attached hydrogens (tertiary/aromatic N) is 1. The molecule has 0 aliphatic rings. The molecule has 0 atom stereocenters. The predicted molar refractivity (Wildman–Crippen MR) is 53.6 cm³/mol. The standard InChI is InChI=1S/C10H16N2O/c1-3-9-6-5-8(7-11)10(13)12(9)4-2/h5-6H,3-4,7,11H2,1-2H3. The van der Waals surface area contributed by atoms with Crippen LogP contribution in [0.25, 0.3) is 0 Å². The summed E-state index contributed by atoms with van der Waals surface area (Å²) >= 11 is 0. The summed E-state index contributed by atoms with van der Waals surface area (Å²) in [6.07, 6.45) is 0.883. The van der Waals surface area contributed by atoms with E-state index in [1.807, 2.05) is 26.0 Å². The molecule has 1 aromatic rings. The molecule has 0 spiro atoms. The Kier molecular flexibility index (Phi) is 3.25. The van der Waals surface area contributed by atoms with Crippen LogP contribution in [0.1, 0.15) is 25.1 Å². The van der Waals surface area contributed by atoms with Crippen LogP contribution in [-0.4, -0.2) is 4.57 Å². The van der Waals surface area contributed by atoms with E-state index >= 15 is 0 Å².